The molecule has 0 aliphatic carbocycles. The Bertz CT molecular complexity index is 357. The molecular weight excluding hydrogens is 224 g/mol. The molecule has 2 nitrogen and oxygen atoms in total. The highest BCUT2D eigenvalue weighted by Crippen LogP contribution is 2.20. The third-order valence-corrected chi connectivity index (χ3v) is 2.84. The molecule has 96 valence electrons. The van der Waals surface area contributed by atoms with E-state index in [4.69, 9.17) is 0 Å². The summed E-state index contributed by atoms with van der Waals surface area (Å²) in [6.07, 6.45) is 0.386. The molecule has 2 unspecified atom stereocenters. The van der Waals surface area contributed by atoms with E-state index in [9.17, 15) is 13.9 Å². The van der Waals surface area contributed by atoms with Crippen LogP contribution in [-0.4, -0.2) is 17.7 Å². The van der Waals surface area contributed by atoms with E-state index < -0.39 is 17.7 Å². The van der Waals surface area contributed by atoms with Crippen molar-refractivity contribution in [2.45, 2.75) is 38.8 Å². The van der Waals surface area contributed by atoms with Crippen LogP contribution in [0.4, 0.5) is 8.78 Å². The molecule has 2 N–H and O–H groups in total. The van der Waals surface area contributed by atoms with E-state index in [-0.39, 0.29) is 5.56 Å². The van der Waals surface area contributed by atoms with Crippen molar-refractivity contribution < 1.29 is 13.9 Å². The van der Waals surface area contributed by atoms with Crippen LogP contribution in [0.25, 0.3) is 0 Å². The highest BCUT2D eigenvalue weighted by atomic mass is 19.1. The molecule has 0 aromatic heterocycles. The molecule has 0 amide bonds. The first-order chi connectivity index (χ1) is 8.04. The lowest BCUT2D eigenvalue weighted by molar-refractivity contribution is 0.160. The molecule has 0 aliphatic rings. The third-order valence-electron chi connectivity index (χ3n) is 2.84. The molecular formula is C13H19F2NO. The minimum atomic E-state index is -0.970. The molecule has 0 bridgehead atoms. The second-order valence-electron chi connectivity index (χ2n) is 4.23. The van der Waals surface area contributed by atoms with Crippen LogP contribution in [0.2, 0.25) is 0 Å². The number of rotatable bonds is 6. The Morgan fingerprint density at radius 2 is 2.06 bits per heavy atom. The smallest absolute Gasteiger partial charge is 0.129 e. The lowest BCUT2D eigenvalue weighted by Crippen LogP contribution is -2.27. The summed E-state index contributed by atoms with van der Waals surface area (Å²) in [5, 5.41) is 13.0. The number of nitrogens with one attached hydrogen (secondary N) is 1. The van der Waals surface area contributed by atoms with Gasteiger partial charge in [-0.05, 0) is 44.5 Å². The average Bonchev–Trinajstić information content (AvgIpc) is 2.31. The SMILES string of the molecule is CCC(C)NCCC(O)c1cc(F)ccc1F. The molecule has 1 aromatic rings. The number of benzene rings is 1. The van der Waals surface area contributed by atoms with Gasteiger partial charge in [-0.25, -0.2) is 8.78 Å². The van der Waals surface area contributed by atoms with Gasteiger partial charge < -0.3 is 10.4 Å². The molecule has 0 saturated heterocycles. The minimum absolute atomic E-state index is 0.0240. The van der Waals surface area contributed by atoms with Gasteiger partial charge in [0.05, 0.1) is 6.10 Å². The second kappa shape index (κ2) is 6.67. The Morgan fingerprint density at radius 3 is 2.71 bits per heavy atom. The maximum absolute atomic E-state index is 13.3. The predicted octanol–water partition coefficient (Wildman–Crippen LogP) is 2.78. The van der Waals surface area contributed by atoms with Gasteiger partial charge in [-0.3, -0.25) is 0 Å². The van der Waals surface area contributed by atoms with Crippen LogP contribution in [0.1, 0.15) is 38.4 Å². The fourth-order valence-electron chi connectivity index (χ4n) is 1.54. The largest absolute Gasteiger partial charge is 0.388 e. The lowest BCUT2D eigenvalue weighted by Gasteiger charge is -2.15. The third kappa shape index (κ3) is 4.40. The summed E-state index contributed by atoms with van der Waals surface area (Å²) in [6, 6.07) is 3.49. The molecule has 0 heterocycles. The Kier molecular flexibility index (Phi) is 5.51. The van der Waals surface area contributed by atoms with E-state index in [0.29, 0.717) is 19.0 Å². The van der Waals surface area contributed by atoms with Crippen molar-refractivity contribution >= 4 is 0 Å². The molecule has 1 aromatic carbocycles. The summed E-state index contributed by atoms with van der Waals surface area (Å²) in [5.41, 5.74) is 0.0240. The van der Waals surface area contributed by atoms with Gasteiger partial charge in [0.25, 0.3) is 0 Å². The number of hydrogen-bond acceptors (Lipinski definition) is 2. The minimum Gasteiger partial charge on any atom is -0.388 e. The van der Waals surface area contributed by atoms with Crippen LogP contribution in [0, 0.1) is 11.6 Å². The first-order valence-electron chi connectivity index (χ1n) is 5.91. The number of hydrogen-bond donors (Lipinski definition) is 2. The second-order valence-corrected chi connectivity index (χ2v) is 4.23. The summed E-state index contributed by atoms with van der Waals surface area (Å²) in [4.78, 5) is 0. The molecule has 2 atom stereocenters. The van der Waals surface area contributed by atoms with E-state index >= 15 is 0 Å². The molecule has 0 fully saturated rings. The maximum Gasteiger partial charge on any atom is 0.129 e. The Balaban J connectivity index is 2.52. The van der Waals surface area contributed by atoms with Gasteiger partial charge in [0.2, 0.25) is 0 Å². The topological polar surface area (TPSA) is 32.3 Å². The fourth-order valence-corrected chi connectivity index (χ4v) is 1.54. The summed E-state index contributed by atoms with van der Waals surface area (Å²) in [7, 11) is 0. The number of aliphatic hydroxyl groups is 1. The van der Waals surface area contributed by atoms with Crippen LogP contribution in [0.5, 0.6) is 0 Å². The summed E-state index contributed by atoms with van der Waals surface area (Å²) >= 11 is 0. The zero-order chi connectivity index (χ0) is 12.8. The van der Waals surface area contributed by atoms with Gasteiger partial charge >= 0.3 is 0 Å². The summed E-state index contributed by atoms with van der Waals surface area (Å²) in [5.74, 6) is -1.10. The van der Waals surface area contributed by atoms with Gasteiger partial charge in [-0.2, -0.15) is 0 Å². The predicted molar refractivity (Wildman–Crippen MR) is 63.7 cm³/mol. The van der Waals surface area contributed by atoms with Crippen molar-refractivity contribution in [2.75, 3.05) is 6.54 Å². The molecule has 4 heteroatoms. The zero-order valence-electron chi connectivity index (χ0n) is 10.2. The summed E-state index contributed by atoms with van der Waals surface area (Å²) < 4.78 is 26.2. The van der Waals surface area contributed by atoms with Crippen LogP contribution >= 0.6 is 0 Å². The van der Waals surface area contributed by atoms with E-state index in [1.165, 1.54) is 0 Å². The van der Waals surface area contributed by atoms with Crippen molar-refractivity contribution in [1.82, 2.24) is 5.32 Å². The monoisotopic (exact) mass is 243 g/mol. The number of aliphatic hydroxyl groups excluding tert-OH is 1. The van der Waals surface area contributed by atoms with Gasteiger partial charge in [0.15, 0.2) is 0 Å². The molecule has 0 saturated carbocycles. The Morgan fingerprint density at radius 1 is 1.35 bits per heavy atom. The van der Waals surface area contributed by atoms with Gasteiger partial charge in [0, 0.05) is 11.6 Å². The normalized spacial score (nSPS) is 14.6. The van der Waals surface area contributed by atoms with E-state index in [1.807, 2.05) is 6.92 Å². The Labute approximate surface area is 101 Å². The summed E-state index contributed by atoms with van der Waals surface area (Å²) in [6.45, 7) is 4.67. The fraction of sp³-hybridized carbons (Fsp3) is 0.538. The molecule has 1 rings (SSSR count). The van der Waals surface area contributed by atoms with Crippen LogP contribution in [0.15, 0.2) is 18.2 Å². The van der Waals surface area contributed by atoms with Crippen LogP contribution < -0.4 is 5.32 Å². The quantitative estimate of drug-likeness (QED) is 0.805. The zero-order valence-corrected chi connectivity index (χ0v) is 10.2. The molecule has 17 heavy (non-hydrogen) atoms. The first-order valence-corrected chi connectivity index (χ1v) is 5.91. The van der Waals surface area contributed by atoms with E-state index in [2.05, 4.69) is 12.2 Å². The van der Waals surface area contributed by atoms with Crippen molar-refractivity contribution in [2.24, 2.45) is 0 Å². The van der Waals surface area contributed by atoms with Crippen molar-refractivity contribution in [3.05, 3.63) is 35.4 Å². The van der Waals surface area contributed by atoms with Crippen molar-refractivity contribution in [1.29, 1.82) is 0 Å². The first kappa shape index (κ1) is 14.1. The Hall–Kier alpha value is -1.00. The van der Waals surface area contributed by atoms with Crippen LogP contribution in [-0.2, 0) is 0 Å². The molecule has 0 radical (unpaired) electrons. The average molecular weight is 243 g/mol. The van der Waals surface area contributed by atoms with Gasteiger partial charge in [-0.1, -0.05) is 6.92 Å². The highest BCUT2D eigenvalue weighted by Gasteiger charge is 2.13. The maximum atomic E-state index is 13.3. The van der Waals surface area contributed by atoms with Crippen LogP contribution in [0.3, 0.4) is 0 Å². The van der Waals surface area contributed by atoms with Crippen molar-refractivity contribution in [3.63, 3.8) is 0 Å². The van der Waals surface area contributed by atoms with E-state index in [1.54, 1.807) is 0 Å². The van der Waals surface area contributed by atoms with E-state index in [0.717, 1.165) is 24.6 Å². The molecule has 0 aliphatic heterocycles. The van der Waals surface area contributed by atoms with Crippen molar-refractivity contribution in [3.8, 4) is 0 Å². The molecule has 0 spiro atoms. The van der Waals surface area contributed by atoms with Gasteiger partial charge in [-0.15, -0.1) is 0 Å². The van der Waals surface area contributed by atoms with Gasteiger partial charge in [0.1, 0.15) is 11.6 Å². The highest BCUT2D eigenvalue weighted by molar-refractivity contribution is 5.20. The number of halogens is 2. The lowest BCUT2D eigenvalue weighted by atomic mass is 10.1. The standard InChI is InChI=1S/C13H19F2NO/c1-3-9(2)16-7-6-13(17)11-8-10(14)4-5-12(11)15/h4-5,8-9,13,16-17H,3,6-7H2,1-2H3.